The molecule has 60 heavy (non-hydrogen) atoms. The number of carbonyl (C=O) groups excluding carboxylic acids is 1. The molecule has 8 N–H and O–H groups in total. The molecule has 5 aliphatic carbocycles. The fraction of sp³-hybridized carbons (Fsp3) is 0.933. The van der Waals surface area contributed by atoms with Crippen molar-refractivity contribution in [1.29, 1.82) is 0 Å². The minimum atomic E-state index is -1.73. The average Bonchev–Trinajstić information content (AvgIpc) is 3.18. The van der Waals surface area contributed by atoms with Crippen molar-refractivity contribution in [3.8, 4) is 0 Å². The van der Waals surface area contributed by atoms with Crippen molar-refractivity contribution in [2.75, 3.05) is 26.9 Å². The van der Waals surface area contributed by atoms with Crippen LogP contribution in [-0.4, -0.2) is 153 Å². The van der Waals surface area contributed by atoms with Gasteiger partial charge in [-0.1, -0.05) is 53.2 Å². The van der Waals surface area contributed by atoms with E-state index in [0.29, 0.717) is 19.3 Å². The maximum absolute atomic E-state index is 12.1. The second-order valence-electron chi connectivity index (χ2n) is 21.6. The van der Waals surface area contributed by atoms with E-state index >= 15 is 0 Å². The second kappa shape index (κ2) is 16.3. The third kappa shape index (κ3) is 6.98. The molecule has 0 bridgehead atoms. The van der Waals surface area contributed by atoms with E-state index in [2.05, 4.69) is 40.7 Å². The van der Waals surface area contributed by atoms with Gasteiger partial charge in [0.15, 0.2) is 18.7 Å². The Labute approximate surface area is 354 Å². The molecular formula is C45H74O15. The van der Waals surface area contributed by atoms with Gasteiger partial charge in [-0.25, -0.2) is 0 Å². The van der Waals surface area contributed by atoms with Crippen LogP contribution in [0.25, 0.3) is 0 Å². The maximum atomic E-state index is 12.1. The fourth-order valence-corrected chi connectivity index (χ4v) is 14.3. The van der Waals surface area contributed by atoms with Gasteiger partial charge in [0.05, 0.1) is 44.2 Å². The number of fused-ring (bicyclic) bond motifs is 7. The van der Waals surface area contributed by atoms with E-state index in [1.54, 1.807) is 14.0 Å². The number of hydrogen-bond acceptors (Lipinski definition) is 15. The van der Waals surface area contributed by atoms with Crippen molar-refractivity contribution >= 4 is 5.97 Å². The zero-order valence-corrected chi connectivity index (χ0v) is 37.0. The Hall–Kier alpha value is -1.31. The Morgan fingerprint density at radius 2 is 1.47 bits per heavy atom. The minimum Gasteiger partial charge on any atom is -0.457 e. The first-order valence-corrected chi connectivity index (χ1v) is 22.3. The first kappa shape index (κ1) is 46.7. The topological polar surface area (TPSA) is 234 Å². The number of rotatable bonds is 9. The molecule has 0 aromatic heterocycles. The van der Waals surface area contributed by atoms with E-state index in [-0.39, 0.29) is 58.7 Å². The predicted molar refractivity (Wildman–Crippen MR) is 215 cm³/mol. The highest BCUT2D eigenvalue weighted by Crippen LogP contribution is 2.76. The molecule has 0 unspecified atom stereocenters. The van der Waals surface area contributed by atoms with Crippen molar-refractivity contribution in [3.63, 3.8) is 0 Å². The highest BCUT2D eigenvalue weighted by atomic mass is 16.7. The van der Waals surface area contributed by atoms with Gasteiger partial charge in [-0.15, -0.1) is 0 Å². The van der Waals surface area contributed by atoms with Gasteiger partial charge in [-0.2, -0.15) is 0 Å². The van der Waals surface area contributed by atoms with Gasteiger partial charge in [0.1, 0.15) is 36.6 Å². The van der Waals surface area contributed by atoms with E-state index in [4.69, 9.17) is 28.4 Å². The molecule has 15 nitrogen and oxygen atoms in total. The largest absolute Gasteiger partial charge is 0.457 e. The molecule has 0 radical (unpaired) electrons. The van der Waals surface area contributed by atoms with Crippen LogP contribution >= 0.6 is 0 Å². The lowest BCUT2D eigenvalue weighted by Gasteiger charge is -2.73. The molecule has 2 heterocycles. The molecule has 0 aromatic carbocycles. The molecule has 4 saturated carbocycles. The first-order chi connectivity index (χ1) is 28.0. The van der Waals surface area contributed by atoms with Crippen LogP contribution in [0.3, 0.4) is 0 Å². The molecule has 6 fully saturated rings. The van der Waals surface area contributed by atoms with Crippen LogP contribution in [-0.2, 0) is 33.2 Å². The molecule has 344 valence electrons. The van der Waals surface area contributed by atoms with Gasteiger partial charge in [0.25, 0.3) is 0 Å². The van der Waals surface area contributed by atoms with Gasteiger partial charge < -0.3 is 69.3 Å². The van der Waals surface area contributed by atoms with Crippen LogP contribution in [0, 0.1) is 50.2 Å². The van der Waals surface area contributed by atoms with Gasteiger partial charge >= 0.3 is 5.97 Å². The molecule has 7 aliphatic rings. The molecule has 0 aromatic rings. The number of esters is 1. The van der Waals surface area contributed by atoms with Crippen molar-refractivity contribution in [3.05, 3.63) is 11.6 Å². The minimum absolute atomic E-state index is 0.0169. The molecular weight excluding hydrogens is 780 g/mol. The number of allylic oxidation sites excluding steroid dienone is 1. The Bertz CT molecular complexity index is 1610. The first-order valence-electron chi connectivity index (χ1n) is 22.3. The van der Waals surface area contributed by atoms with Crippen LogP contribution in [0.5, 0.6) is 0 Å². The fourth-order valence-electron chi connectivity index (χ4n) is 14.3. The van der Waals surface area contributed by atoms with Gasteiger partial charge in [-0.05, 0) is 91.8 Å². The monoisotopic (exact) mass is 855 g/mol. The number of aliphatic hydroxyl groups is 8. The Kier molecular flexibility index (Phi) is 12.7. The summed E-state index contributed by atoms with van der Waals surface area (Å²) in [6.07, 6.45) is -7.64. The quantitative estimate of drug-likeness (QED) is 0.0941. The second-order valence-corrected chi connectivity index (χ2v) is 21.6. The number of hydrogen-bond donors (Lipinski definition) is 8. The normalized spacial score (nSPS) is 53.8. The summed E-state index contributed by atoms with van der Waals surface area (Å²) in [5.74, 6) is -0.801. The summed E-state index contributed by atoms with van der Waals surface area (Å²) < 4.78 is 36.1. The number of aliphatic hydroxyl groups excluding tert-OH is 8. The smallest absolute Gasteiger partial charge is 0.303 e. The van der Waals surface area contributed by atoms with Crippen molar-refractivity contribution < 1.29 is 74.1 Å². The highest BCUT2D eigenvalue weighted by Gasteiger charge is 2.72. The number of ether oxygens (including phenoxy) is 6. The molecule has 7 rings (SSSR count). The molecule has 15 heteroatoms. The van der Waals surface area contributed by atoms with Gasteiger partial charge in [0, 0.05) is 30.8 Å². The standard InChI is InChI=1S/C45H74O15/c1-22-31(51)35(60-39-34(54)36(57-23(2)49)32(52)27(19-46)58-39)33(53)38(56-22)59-30-11-12-41(5)28(42(30,6)20-47)10-13-43(7)37(41)26(55-9)16-24-25-17-40(3,4)14-15-45(25,21-48)29(50)18-44(24,43)8/h16,22,25-39,46-48,50-54H,10-15,17-21H2,1-9H3/t22-,25-,26-,27-,28-,29-,30+,31+,32-,33-,34-,35+,36+,37-,38+,39+,41+,42+,43-,44-,45-/m1/s1. The Morgan fingerprint density at radius 1 is 0.800 bits per heavy atom. The summed E-state index contributed by atoms with van der Waals surface area (Å²) in [4.78, 5) is 11.8. The lowest BCUT2D eigenvalue weighted by Crippen LogP contribution is -2.70. The molecule has 0 amide bonds. The van der Waals surface area contributed by atoms with Crippen LogP contribution in [0.15, 0.2) is 11.6 Å². The van der Waals surface area contributed by atoms with E-state index in [0.717, 1.165) is 39.0 Å². The summed E-state index contributed by atoms with van der Waals surface area (Å²) in [7, 11) is 1.77. The summed E-state index contributed by atoms with van der Waals surface area (Å²) in [5, 5.41) is 89.1. The summed E-state index contributed by atoms with van der Waals surface area (Å²) in [6.45, 7) is 15.4. The number of methoxy groups -OCH3 is 1. The zero-order chi connectivity index (χ0) is 44.1. The number of carbonyl (C=O) groups is 1. The summed E-state index contributed by atoms with van der Waals surface area (Å²) in [5.41, 5.74) is -1.02. The SMILES string of the molecule is CO[C@@H]1C=C2[C@H]3CC(C)(C)CC[C@]3(CO)[C@H](O)C[C@@]2(C)[C@]2(C)CC[C@H]3[C@](C)(CO)[C@@H](O[C@@H]4O[C@H](C)[C@H](O)[C@H](O[C@@H]5O[C@H](CO)[C@@H](O)[C@H](OC(C)=O)[C@H]5O)[C@H]4O)CC[C@]3(C)[C@@H]12. The van der Waals surface area contributed by atoms with E-state index in [1.807, 2.05) is 6.92 Å². The lowest BCUT2D eigenvalue weighted by molar-refractivity contribution is -0.368. The van der Waals surface area contributed by atoms with Gasteiger partial charge in [0.2, 0.25) is 0 Å². The summed E-state index contributed by atoms with van der Waals surface area (Å²) in [6, 6.07) is 0. The summed E-state index contributed by atoms with van der Waals surface area (Å²) >= 11 is 0. The van der Waals surface area contributed by atoms with Crippen molar-refractivity contribution in [2.24, 2.45) is 50.2 Å². The zero-order valence-electron chi connectivity index (χ0n) is 37.0. The Morgan fingerprint density at radius 3 is 2.08 bits per heavy atom. The third-order valence-electron chi connectivity index (χ3n) is 18.0. The predicted octanol–water partition coefficient (Wildman–Crippen LogP) is 1.96. The maximum Gasteiger partial charge on any atom is 0.303 e. The van der Waals surface area contributed by atoms with Gasteiger partial charge in [-0.3, -0.25) is 4.79 Å². The third-order valence-corrected chi connectivity index (χ3v) is 18.0. The highest BCUT2D eigenvalue weighted by molar-refractivity contribution is 5.66. The molecule has 2 saturated heterocycles. The van der Waals surface area contributed by atoms with Crippen molar-refractivity contribution in [1.82, 2.24) is 0 Å². The molecule has 2 aliphatic heterocycles. The van der Waals surface area contributed by atoms with Crippen LogP contribution in [0.1, 0.15) is 107 Å². The van der Waals surface area contributed by atoms with E-state index in [9.17, 15) is 45.6 Å². The molecule has 21 atom stereocenters. The molecule has 0 spiro atoms. The van der Waals surface area contributed by atoms with Crippen LogP contribution in [0.2, 0.25) is 0 Å². The van der Waals surface area contributed by atoms with E-state index < -0.39 is 97.0 Å². The van der Waals surface area contributed by atoms with Crippen LogP contribution in [0.4, 0.5) is 0 Å². The van der Waals surface area contributed by atoms with Crippen LogP contribution < -0.4 is 0 Å². The van der Waals surface area contributed by atoms with Crippen molar-refractivity contribution in [2.45, 2.75) is 186 Å². The van der Waals surface area contributed by atoms with E-state index in [1.165, 1.54) is 5.57 Å². The lowest BCUT2D eigenvalue weighted by atomic mass is 9.32. The Balaban J connectivity index is 1.16. The average molecular weight is 855 g/mol.